The monoisotopic (exact) mass is 614 g/mol. The highest BCUT2D eigenvalue weighted by atomic mass is 16.4. The van der Waals surface area contributed by atoms with Crippen LogP contribution in [-0.4, -0.2) is 86.1 Å². The van der Waals surface area contributed by atoms with E-state index in [4.69, 9.17) is 0 Å². The Morgan fingerprint density at radius 2 is 1.62 bits per heavy atom. The number of anilines is 1. The van der Waals surface area contributed by atoms with Crippen molar-refractivity contribution in [3.63, 3.8) is 0 Å². The molecule has 1 saturated heterocycles. The van der Waals surface area contributed by atoms with E-state index in [-0.39, 0.29) is 18.2 Å². The summed E-state index contributed by atoms with van der Waals surface area (Å²) >= 11 is 0. The van der Waals surface area contributed by atoms with Crippen LogP contribution in [0.25, 0.3) is 0 Å². The van der Waals surface area contributed by atoms with Gasteiger partial charge >= 0.3 is 7.12 Å². The smallest absolute Gasteiger partial charge is 0.426 e. The Kier molecular flexibility index (Phi) is 13.0. The Morgan fingerprint density at radius 1 is 0.956 bits per heavy atom. The average Bonchev–Trinajstić information content (AvgIpc) is 3.55. The molecule has 0 bridgehead atoms. The third-order valence-corrected chi connectivity index (χ3v) is 7.93. The van der Waals surface area contributed by atoms with E-state index in [1.54, 1.807) is 31.2 Å². The number of likely N-dealkylation sites (tertiary alicyclic amines) is 1. The summed E-state index contributed by atoms with van der Waals surface area (Å²) in [7, 11) is -1.60. The Morgan fingerprint density at radius 3 is 2.22 bits per heavy atom. The molecule has 0 saturated carbocycles. The first-order valence-corrected chi connectivity index (χ1v) is 15.7. The van der Waals surface area contributed by atoms with Crippen molar-refractivity contribution in [3.05, 3.63) is 90.0 Å². The minimum atomic E-state index is -1.60. The maximum absolute atomic E-state index is 12.7. The molecule has 1 fully saturated rings. The van der Waals surface area contributed by atoms with Crippen molar-refractivity contribution in [2.45, 2.75) is 70.5 Å². The number of aromatic nitrogens is 2. The van der Waals surface area contributed by atoms with Gasteiger partial charge in [-0.2, -0.15) is 0 Å². The number of ketones is 1. The Balaban J connectivity index is 1.14. The van der Waals surface area contributed by atoms with Crippen LogP contribution < -0.4 is 10.6 Å². The Bertz CT molecular complexity index is 1320. The Hall–Kier alpha value is -4.13. The fraction of sp³-hybridized carbons (Fsp3) is 0.424. The summed E-state index contributed by atoms with van der Waals surface area (Å²) in [5.41, 5.74) is 3.14. The molecule has 11 nitrogen and oxygen atoms in total. The summed E-state index contributed by atoms with van der Waals surface area (Å²) in [6.45, 7) is 4.59. The lowest BCUT2D eigenvalue weighted by Crippen LogP contribution is -2.52. The largest absolute Gasteiger partial charge is 0.475 e. The number of unbranched alkanes of at least 4 members (excludes halogenated alkanes) is 2. The number of pyridine rings is 2. The highest BCUT2D eigenvalue weighted by molar-refractivity contribution is 6.43. The molecule has 0 aliphatic carbocycles. The number of hydrogen-bond donors (Lipinski definition) is 4. The van der Waals surface area contributed by atoms with Crippen LogP contribution in [0.4, 0.5) is 5.69 Å². The fourth-order valence-corrected chi connectivity index (χ4v) is 5.48. The van der Waals surface area contributed by atoms with E-state index < -0.39 is 25.0 Å². The topological polar surface area (TPSA) is 148 Å². The van der Waals surface area contributed by atoms with Gasteiger partial charge in [0.25, 0.3) is 5.91 Å². The summed E-state index contributed by atoms with van der Waals surface area (Å²) < 4.78 is 0. The van der Waals surface area contributed by atoms with Crippen LogP contribution in [0, 0.1) is 0 Å². The second-order valence-corrected chi connectivity index (χ2v) is 11.5. The minimum Gasteiger partial charge on any atom is -0.426 e. The van der Waals surface area contributed by atoms with Crippen molar-refractivity contribution in [2.75, 3.05) is 25.0 Å². The van der Waals surface area contributed by atoms with Gasteiger partial charge in [-0.1, -0.05) is 18.6 Å². The Labute approximate surface area is 265 Å². The number of nitrogens with one attached hydrogen (secondary N) is 2. The molecule has 0 spiro atoms. The molecule has 238 valence electrons. The second kappa shape index (κ2) is 17.4. The summed E-state index contributed by atoms with van der Waals surface area (Å²) in [6.07, 6.45) is 8.03. The number of Topliss-reactive ketones (excluding diaryl/α,β-unsaturated/α-hetero) is 1. The molecule has 1 aliphatic heterocycles. The molecular formula is C33H43BN6O5. The number of carbonyl (C=O) groups excluding carboxylic acids is 3. The van der Waals surface area contributed by atoms with Gasteiger partial charge < -0.3 is 25.6 Å². The molecule has 4 N–H and O–H groups in total. The van der Waals surface area contributed by atoms with E-state index in [0.29, 0.717) is 31.4 Å². The second-order valence-electron chi connectivity index (χ2n) is 11.5. The van der Waals surface area contributed by atoms with Gasteiger partial charge in [-0.05, 0) is 87.7 Å². The predicted octanol–water partition coefficient (Wildman–Crippen LogP) is 2.84. The third-order valence-electron chi connectivity index (χ3n) is 7.93. The molecule has 0 radical (unpaired) electrons. The van der Waals surface area contributed by atoms with Gasteiger partial charge in [-0.25, -0.2) is 0 Å². The lowest BCUT2D eigenvalue weighted by Gasteiger charge is -2.27. The molecule has 4 rings (SSSR count). The molecule has 12 heteroatoms. The number of rotatable bonds is 17. The average molecular weight is 615 g/mol. The molecule has 2 atom stereocenters. The van der Waals surface area contributed by atoms with Gasteiger partial charge in [0.2, 0.25) is 5.91 Å². The third kappa shape index (κ3) is 10.8. The van der Waals surface area contributed by atoms with E-state index in [0.717, 1.165) is 56.0 Å². The van der Waals surface area contributed by atoms with Crippen LogP contribution in [0.15, 0.2) is 73.1 Å². The molecule has 45 heavy (non-hydrogen) atoms. The van der Waals surface area contributed by atoms with Gasteiger partial charge in [-0.3, -0.25) is 29.3 Å². The van der Waals surface area contributed by atoms with Crippen LogP contribution in [0.1, 0.15) is 67.2 Å². The quantitative estimate of drug-likeness (QED) is 0.133. The van der Waals surface area contributed by atoms with Crippen molar-refractivity contribution >= 4 is 30.4 Å². The summed E-state index contributed by atoms with van der Waals surface area (Å²) in [6, 6.07) is 17.8. The molecular weight excluding hydrogens is 571 g/mol. The van der Waals surface area contributed by atoms with E-state index in [1.807, 2.05) is 48.8 Å². The first-order valence-electron chi connectivity index (χ1n) is 15.7. The van der Waals surface area contributed by atoms with Crippen molar-refractivity contribution in [3.8, 4) is 0 Å². The summed E-state index contributed by atoms with van der Waals surface area (Å²) in [5, 5.41) is 24.9. The maximum Gasteiger partial charge on any atom is 0.475 e. The van der Waals surface area contributed by atoms with E-state index >= 15 is 0 Å². The molecule has 0 unspecified atom stereocenters. The van der Waals surface area contributed by atoms with Crippen LogP contribution in [-0.2, 0) is 22.7 Å². The number of nitrogens with zero attached hydrogens (tertiary/aromatic N) is 4. The van der Waals surface area contributed by atoms with Crippen molar-refractivity contribution in [2.24, 2.45) is 0 Å². The zero-order chi connectivity index (χ0) is 32.0. The van der Waals surface area contributed by atoms with Crippen LogP contribution in [0.5, 0.6) is 0 Å². The van der Waals surface area contributed by atoms with Crippen LogP contribution >= 0.6 is 0 Å². The van der Waals surface area contributed by atoms with Gasteiger partial charge in [0.1, 0.15) is 6.04 Å². The summed E-state index contributed by atoms with van der Waals surface area (Å²) in [4.78, 5) is 50.6. The zero-order valence-corrected chi connectivity index (χ0v) is 25.8. The fourth-order valence-electron chi connectivity index (χ4n) is 5.48. The predicted molar refractivity (Wildman–Crippen MR) is 173 cm³/mol. The van der Waals surface area contributed by atoms with E-state index in [2.05, 4.69) is 25.5 Å². The number of hydrogen-bond acceptors (Lipinski definition) is 9. The number of carbonyl (C=O) groups is 3. The molecule has 3 aromatic rings. The van der Waals surface area contributed by atoms with Gasteiger partial charge in [0.05, 0.1) is 23.9 Å². The number of amides is 2. The lowest BCUT2D eigenvalue weighted by molar-refractivity contribution is -0.132. The summed E-state index contributed by atoms with van der Waals surface area (Å²) in [5.74, 6) is -1.28. The SMILES string of the molecule is C[C@@H](NC(=O)c1ccc(NCC(=O)CCCCCN(Cc2ccccn2)Cc2ccccn2)cc1)C(=O)N1CCC[C@H]1B(O)O. The lowest BCUT2D eigenvalue weighted by atomic mass is 9.78. The first kappa shape index (κ1) is 33.8. The van der Waals surface area contributed by atoms with Crippen LogP contribution in [0.3, 0.4) is 0 Å². The molecule has 2 amide bonds. The van der Waals surface area contributed by atoms with Gasteiger partial charge in [-0.15, -0.1) is 0 Å². The highest BCUT2D eigenvalue weighted by Gasteiger charge is 2.38. The van der Waals surface area contributed by atoms with Gasteiger partial charge in [0.15, 0.2) is 5.78 Å². The van der Waals surface area contributed by atoms with Crippen molar-refractivity contribution < 1.29 is 24.4 Å². The van der Waals surface area contributed by atoms with Crippen LogP contribution in [0.2, 0.25) is 0 Å². The zero-order valence-electron chi connectivity index (χ0n) is 25.8. The highest BCUT2D eigenvalue weighted by Crippen LogP contribution is 2.19. The number of benzene rings is 1. The molecule has 3 heterocycles. The van der Waals surface area contributed by atoms with E-state index in [9.17, 15) is 24.4 Å². The maximum atomic E-state index is 12.7. The molecule has 1 aliphatic rings. The minimum absolute atomic E-state index is 0.121. The van der Waals surface area contributed by atoms with E-state index in [1.165, 1.54) is 4.90 Å². The first-order chi connectivity index (χ1) is 21.8. The van der Waals surface area contributed by atoms with Crippen molar-refractivity contribution in [1.82, 2.24) is 25.1 Å². The van der Waals surface area contributed by atoms with Crippen molar-refractivity contribution in [1.29, 1.82) is 0 Å². The molecule has 1 aromatic carbocycles. The standard InChI is InChI=1S/C33H43BN6O5/c1-25(33(43)40-21-9-13-31(40)34(44)45)38-32(42)26-14-16-27(17-15-26)37-22-30(41)12-3-2-8-20-39(23-28-10-4-6-18-35-28)24-29-11-5-7-19-36-29/h4-7,10-11,14-19,25,31,37,44-45H,2-3,8-9,12-13,20-24H2,1H3,(H,38,42)/t25-,31+/m1/s1. The molecule has 2 aromatic heterocycles. The normalized spacial score (nSPS) is 15.1. The van der Waals surface area contributed by atoms with Gasteiger partial charge in [0, 0.05) is 49.7 Å².